The average molecular weight is 615 g/mol. The minimum absolute atomic E-state index is 0.0889. The number of hydrogen-bond acceptors (Lipinski definition) is 19. The van der Waals surface area contributed by atoms with Gasteiger partial charge in [0.25, 0.3) is 0 Å². The van der Waals surface area contributed by atoms with Crippen molar-refractivity contribution in [2.45, 2.75) is 123 Å². The zero-order valence-electron chi connectivity index (χ0n) is 22.8. The molecule has 1 aliphatic carbocycles. The maximum absolute atomic E-state index is 11.1. The van der Waals surface area contributed by atoms with E-state index >= 15 is 0 Å². The van der Waals surface area contributed by atoms with Gasteiger partial charge in [-0.05, 0) is 6.42 Å². The van der Waals surface area contributed by atoms with Gasteiger partial charge in [-0.25, -0.2) is 0 Å². The van der Waals surface area contributed by atoms with Crippen molar-refractivity contribution in [3.63, 3.8) is 0 Å². The standard InChI is InChI=1S/C23H46N6O13/c24-2-7-13(32)15(34)10(28)21(37-7)40-18-6(27)1-5(26)12(31)20(18)42-23-17(36)19(9(4-30)39-23)41-22-11(29)16(35)14(33)8(3-25)38-22/h5-23,30-36H,1-4,24-29H2/t5-,6?,7?,8?,9-,10?,11-,12?,13-,14-,15-,16?,17+,18-,19?,20-,21-,22?,23+/m1/s1. The molecule has 42 heavy (non-hydrogen) atoms. The Kier molecular flexibility index (Phi) is 11.5. The summed E-state index contributed by atoms with van der Waals surface area (Å²) in [5.74, 6) is 0. The van der Waals surface area contributed by atoms with Crippen molar-refractivity contribution >= 4 is 0 Å². The smallest absolute Gasteiger partial charge is 0.187 e. The third-order valence-corrected chi connectivity index (χ3v) is 8.37. The second-order valence-corrected chi connectivity index (χ2v) is 11.2. The summed E-state index contributed by atoms with van der Waals surface area (Å²) >= 11 is 0. The van der Waals surface area contributed by atoms with Gasteiger partial charge < -0.3 is 98.6 Å². The normalized spacial score (nSPS) is 53.8. The molecule has 19 nitrogen and oxygen atoms in total. The molecule has 4 fully saturated rings. The van der Waals surface area contributed by atoms with Gasteiger partial charge in [-0.15, -0.1) is 0 Å². The number of rotatable bonds is 9. The highest BCUT2D eigenvalue weighted by molar-refractivity contribution is 5.02. The second kappa shape index (κ2) is 14.1. The molecule has 0 amide bonds. The molecule has 4 rings (SSSR count). The summed E-state index contributed by atoms with van der Waals surface area (Å²) in [6.45, 7) is -0.967. The first-order chi connectivity index (χ1) is 19.8. The summed E-state index contributed by atoms with van der Waals surface area (Å²) < 4.78 is 34.6. The highest BCUT2D eigenvalue weighted by Gasteiger charge is 2.54. The Labute approximate surface area is 241 Å². The first-order valence-electron chi connectivity index (χ1n) is 13.9. The monoisotopic (exact) mass is 614 g/mol. The summed E-state index contributed by atoms with van der Waals surface area (Å²) in [6.07, 6.45) is -19.8. The Morgan fingerprint density at radius 1 is 0.524 bits per heavy atom. The van der Waals surface area contributed by atoms with Gasteiger partial charge in [0.2, 0.25) is 0 Å². The molecule has 246 valence electrons. The third-order valence-electron chi connectivity index (χ3n) is 8.37. The first-order valence-corrected chi connectivity index (χ1v) is 13.9. The van der Waals surface area contributed by atoms with Crippen LogP contribution in [0.25, 0.3) is 0 Å². The van der Waals surface area contributed by atoms with E-state index < -0.39 is 123 Å². The summed E-state index contributed by atoms with van der Waals surface area (Å²) in [4.78, 5) is 0. The lowest BCUT2D eigenvalue weighted by molar-refractivity contribution is -0.306. The minimum atomic E-state index is -1.60. The predicted molar refractivity (Wildman–Crippen MR) is 138 cm³/mol. The fourth-order valence-corrected chi connectivity index (χ4v) is 5.74. The highest BCUT2D eigenvalue weighted by Crippen LogP contribution is 2.34. The summed E-state index contributed by atoms with van der Waals surface area (Å²) in [5, 5.41) is 73.0. The van der Waals surface area contributed by atoms with Crippen molar-refractivity contribution in [1.29, 1.82) is 0 Å². The van der Waals surface area contributed by atoms with Gasteiger partial charge in [0.15, 0.2) is 18.9 Å². The average Bonchev–Trinajstić information content (AvgIpc) is 3.27. The Balaban J connectivity index is 1.50. The molecule has 0 spiro atoms. The maximum atomic E-state index is 11.1. The lowest BCUT2D eigenvalue weighted by Crippen LogP contribution is -2.68. The maximum Gasteiger partial charge on any atom is 0.187 e. The number of nitrogens with two attached hydrogens (primary N) is 6. The topological polar surface area (TPSA) is 353 Å². The van der Waals surface area contributed by atoms with Crippen LogP contribution in [-0.2, 0) is 28.4 Å². The van der Waals surface area contributed by atoms with Crippen molar-refractivity contribution in [1.82, 2.24) is 0 Å². The van der Waals surface area contributed by atoms with E-state index in [-0.39, 0.29) is 19.5 Å². The van der Waals surface area contributed by atoms with E-state index in [4.69, 9.17) is 62.8 Å². The molecule has 0 bridgehead atoms. The van der Waals surface area contributed by atoms with E-state index in [9.17, 15) is 35.7 Å². The van der Waals surface area contributed by atoms with Crippen molar-refractivity contribution in [2.75, 3.05) is 19.7 Å². The first kappa shape index (κ1) is 34.1. The zero-order chi connectivity index (χ0) is 31.0. The number of hydrogen-bond donors (Lipinski definition) is 13. The van der Waals surface area contributed by atoms with Crippen LogP contribution in [0.15, 0.2) is 0 Å². The summed E-state index contributed by atoms with van der Waals surface area (Å²) in [5.41, 5.74) is 35.6. The Morgan fingerprint density at radius 2 is 0.976 bits per heavy atom. The Bertz CT molecular complexity index is 868. The van der Waals surface area contributed by atoms with Gasteiger partial charge in [-0.3, -0.25) is 0 Å². The van der Waals surface area contributed by atoms with Gasteiger partial charge in [0.1, 0.15) is 67.1 Å². The van der Waals surface area contributed by atoms with Crippen LogP contribution in [0.1, 0.15) is 6.42 Å². The van der Waals surface area contributed by atoms with Gasteiger partial charge in [0, 0.05) is 25.2 Å². The van der Waals surface area contributed by atoms with Crippen LogP contribution in [-0.4, -0.2) is 172 Å². The molecule has 0 aromatic carbocycles. The summed E-state index contributed by atoms with van der Waals surface area (Å²) in [7, 11) is 0. The van der Waals surface area contributed by atoms with Gasteiger partial charge >= 0.3 is 0 Å². The third kappa shape index (κ3) is 6.60. The zero-order valence-corrected chi connectivity index (χ0v) is 22.8. The molecular formula is C23H46N6O13. The molecule has 3 heterocycles. The molecule has 0 aromatic rings. The molecule has 19 N–H and O–H groups in total. The second-order valence-electron chi connectivity index (χ2n) is 11.2. The molecule has 3 saturated heterocycles. The highest BCUT2D eigenvalue weighted by atomic mass is 16.8. The Morgan fingerprint density at radius 3 is 1.45 bits per heavy atom. The fourth-order valence-electron chi connectivity index (χ4n) is 5.74. The lowest BCUT2D eigenvalue weighted by Gasteiger charge is -2.47. The number of ether oxygens (including phenoxy) is 6. The van der Waals surface area contributed by atoms with Crippen LogP contribution < -0.4 is 34.4 Å². The number of aliphatic hydroxyl groups excluding tert-OH is 7. The van der Waals surface area contributed by atoms with Crippen LogP contribution in [0.4, 0.5) is 0 Å². The van der Waals surface area contributed by atoms with Gasteiger partial charge in [-0.1, -0.05) is 0 Å². The van der Waals surface area contributed by atoms with E-state index in [2.05, 4.69) is 0 Å². The van der Waals surface area contributed by atoms with Crippen molar-refractivity contribution in [2.24, 2.45) is 34.4 Å². The quantitative estimate of drug-likeness (QED) is 0.115. The van der Waals surface area contributed by atoms with E-state index in [0.29, 0.717) is 0 Å². The molecule has 19 atom stereocenters. The van der Waals surface area contributed by atoms with Crippen LogP contribution in [0.5, 0.6) is 0 Å². The van der Waals surface area contributed by atoms with Crippen molar-refractivity contribution in [3.8, 4) is 0 Å². The minimum Gasteiger partial charge on any atom is -0.394 e. The van der Waals surface area contributed by atoms with Crippen LogP contribution in [0.2, 0.25) is 0 Å². The molecule has 1 saturated carbocycles. The Hall–Kier alpha value is -0.760. The van der Waals surface area contributed by atoms with E-state index in [1.165, 1.54) is 0 Å². The van der Waals surface area contributed by atoms with Crippen molar-refractivity contribution in [3.05, 3.63) is 0 Å². The van der Waals surface area contributed by atoms with Gasteiger partial charge in [-0.2, -0.15) is 0 Å². The van der Waals surface area contributed by atoms with Gasteiger partial charge in [0.05, 0.1) is 24.8 Å². The van der Waals surface area contributed by atoms with E-state index in [1.54, 1.807) is 0 Å². The fraction of sp³-hybridized carbons (Fsp3) is 1.00. The number of aliphatic hydroxyl groups is 7. The van der Waals surface area contributed by atoms with Crippen molar-refractivity contribution < 1.29 is 64.2 Å². The summed E-state index contributed by atoms with van der Waals surface area (Å²) in [6, 6.07) is -4.18. The lowest BCUT2D eigenvalue weighted by atomic mass is 9.84. The van der Waals surface area contributed by atoms with Crippen LogP contribution >= 0.6 is 0 Å². The van der Waals surface area contributed by atoms with Crippen LogP contribution in [0, 0.1) is 0 Å². The predicted octanol–water partition coefficient (Wildman–Crippen LogP) is -8.90. The molecule has 0 radical (unpaired) electrons. The molecular weight excluding hydrogens is 568 g/mol. The largest absolute Gasteiger partial charge is 0.394 e. The molecule has 8 unspecified atom stereocenters. The molecule has 3 aliphatic heterocycles. The van der Waals surface area contributed by atoms with E-state index in [0.717, 1.165) is 0 Å². The molecule has 0 aromatic heterocycles. The molecule has 4 aliphatic rings. The van der Waals surface area contributed by atoms with Crippen LogP contribution in [0.3, 0.4) is 0 Å². The van der Waals surface area contributed by atoms with E-state index in [1.807, 2.05) is 0 Å². The molecule has 19 heteroatoms. The SMILES string of the molecule is NCC1OC(OC2[C@@H](CO)O[C@@H](O[C@@H]3C(O)[C@H](N)CC(N)[C@H]3O[C@H]3OC(CN)[C@@H](O)[C@H](O)C3N)[C@H]2O)[C@H](N)C(O)[C@@H]1O.